The minimum absolute atomic E-state index is 0.171. The van der Waals surface area contributed by atoms with E-state index in [0.29, 0.717) is 19.1 Å². The van der Waals surface area contributed by atoms with E-state index >= 15 is 0 Å². The fourth-order valence-corrected chi connectivity index (χ4v) is 2.44. The summed E-state index contributed by atoms with van der Waals surface area (Å²) in [6.45, 7) is 6.32. The molecule has 0 heterocycles. The maximum absolute atomic E-state index is 6.14. The maximum Gasteiger partial charge on any atom is 0.119 e. The van der Waals surface area contributed by atoms with Crippen molar-refractivity contribution in [2.75, 3.05) is 19.8 Å². The van der Waals surface area contributed by atoms with Crippen LogP contribution in [0.3, 0.4) is 0 Å². The van der Waals surface area contributed by atoms with Gasteiger partial charge in [-0.15, -0.1) is 0 Å². The Labute approximate surface area is 116 Å². The molecule has 0 bridgehead atoms. The van der Waals surface area contributed by atoms with Gasteiger partial charge in [0.05, 0.1) is 6.61 Å². The number of aryl methyl sites for hydroxylation is 1. The molecule has 3 heteroatoms. The molecular weight excluding hydrogens is 238 g/mol. The van der Waals surface area contributed by atoms with E-state index in [9.17, 15) is 0 Å². The number of rotatable bonds is 6. The van der Waals surface area contributed by atoms with Crippen LogP contribution in [0, 0.1) is 5.92 Å². The Balaban J connectivity index is 1.83. The Morgan fingerprint density at radius 1 is 1.32 bits per heavy atom. The molecule has 106 valence electrons. The summed E-state index contributed by atoms with van der Waals surface area (Å²) < 4.78 is 11.2. The molecule has 1 atom stereocenters. The van der Waals surface area contributed by atoms with Crippen LogP contribution in [0.25, 0.3) is 0 Å². The van der Waals surface area contributed by atoms with E-state index in [1.807, 2.05) is 6.07 Å². The van der Waals surface area contributed by atoms with Crippen molar-refractivity contribution in [3.8, 4) is 5.75 Å². The highest BCUT2D eigenvalue weighted by molar-refractivity contribution is 5.39. The molecule has 0 saturated carbocycles. The fourth-order valence-electron chi connectivity index (χ4n) is 2.44. The van der Waals surface area contributed by atoms with Crippen molar-refractivity contribution in [3.05, 3.63) is 29.3 Å². The topological polar surface area (TPSA) is 44.5 Å². The molecule has 1 aliphatic rings. The highest BCUT2D eigenvalue weighted by atomic mass is 16.5. The maximum atomic E-state index is 6.14. The highest BCUT2D eigenvalue weighted by Gasteiger charge is 2.17. The van der Waals surface area contributed by atoms with Gasteiger partial charge < -0.3 is 15.2 Å². The first-order valence-electron chi connectivity index (χ1n) is 7.25. The third-order valence-electron chi connectivity index (χ3n) is 3.43. The van der Waals surface area contributed by atoms with E-state index in [0.717, 1.165) is 25.2 Å². The SMILES string of the molecule is CC(C)COCCOc1ccc2c(c1)[C@@H](N)CCC2. The highest BCUT2D eigenvalue weighted by Crippen LogP contribution is 2.30. The Kier molecular flexibility index (Phi) is 5.23. The summed E-state index contributed by atoms with van der Waals surface area (Å²) in [7, 11) is 0. The lowest BCUT2D eigenvalue weighted by molar-refractivity contribution is 0.0818. The van der Waals surface area contributed by atoms with E-state index < -0.39 is 0 Å². The van der Waals surface area contributed by atoms with Gasteiger partial charge in [-0.25, -0.2) is 0 Å². The normalized spacial score (nSPS) is 18.4. The van der Waals surface area contributed by atoms with Crippen LogP contribution < -0.4 is 10.5 Å². The molecule has 2 N–H and O–H groups in total. The lowest BCUT2D eigenvalue weighted by Gasteiger charge is -2.22. The molecule has 0 spiro atoms. The Bertz CT molecular complexity index is 404. The van der Waals surface area contributed by atoms with E-state index in [1.165, 1.54) is 17.5 Å². The second-order valence-electron chi connectivity index (χ2n) is 5.68. The molecule has 19 heavy (non-hydrogen) atoms. The minimum Gasteiger partial charge on any atom is -0.491 e. The van der Waals surface area contributed by atoms with Crippen molar-refractivity contribution in [3.63, 3.8) is 0 Å². The van der Waals surface area contributed by atoms with E-state index in [4.69, 9.17) is 15.2 Å². The Morgan fingerprint density at radius 3 is 2.95 bits per heavy atom. The van der Waals surface area contributed by atoms with Crippen LogP contribution >= 0.6 is 0 Å². The number of benzene rings is 1. The van der Waals surface area contributed by atoms with Crippen LogP contribution in [0.2, 0.25) is 0 Å². The first-order chi connectivity index (χ1) is 9.16. The molecule has 0 unspecified atom stereocenters. The van der Waals surface area contributed by atoms with Crippen molar-refractivity contribution in [1.29, 1.82) is 0 Å². The quantitative estimate of drug-likeness (QED) is 0.802. The van der Waals surface area contributed by atoms with Gasteiger partial charge in [-0.05, 0) is 48.4 Å². The average molecular weight is 263 g/mol. The van der Waals surface area contributed by atoms with Crippen LogP contribution in [0.1, 0.15) is 43.9 Å². The summed E-state index contributed by atoms with van der Waals surface area (Å²) in [5.74, 6) is 1.48. The van der Waals surface area contributed by atoms with Gasteiger partial charge in [-0.2, -0.15) is 0 Å². The van der Waals surface area contributed by atoms with Crippen LogP contribution in [0.15, 0.2) is 18.2 Å². The summed E-state index contributed by atoms with van der Waals surface area (Å²) in [6, 6.07) is 6.46. The van der Waals surface area contributed by atoms with Gasteiger partial charge in [0.15, 0.2) is 0 Å². The molecule has 0 amide bonds. The predicted octanol–water partition coefficient (Wildman–Crippen LogP) is 3.07. The van der Waals surface area contributed by atoms with E-state index in [2.05, 4.69) is 26.0 Å². The lowest BCUT2D eigenvalue weighted by Crippen LogP contribution is -2.17. The number of ether oxygens (including phenoxy) is 2. The van der Waals surface area contributed by atoms with Gasteiger partial charge in [-0.3, -0.25) is 0 Å². The van der Waals surface area contributed by atoms with Crippen molar-refractivity contribution in [2.24, 2.45) is 11.7 Å². The number of hydrogen-bond acceptors (Lipinski definition) is 3. The van der Waals surface area contributed by atoms with Gasteiger partial charge in [0.2, 0.25) is 0 Å². The predicted molar refractivity (Wildman–Crippen MR) is 77.5 cm³/mol. The van der Waals surface area contributed by atoms with Gasteiger partial charge in [0, 0.05) is 12.6 Å². The first kappa shape index (κ1) is 14.4. The zero-order chi connectivity index (χ0) is 13.7. The van der Waals surface area contributed by atoms with E-state index in [-0.39, 0.29) is 6.04 Å². The molecular formula is C16H25NO2. The molecule has 0 aliphatic heterocycles. The van der Waals surface area contributed by atoms with Gasteiger partial charge >= 0.3 is 0 Å². The number of nitrogens with two attached hydrogens (primary N) is 1. The van der Waals surface area contributed by atoms with Crippen LogP contribution in [-0.2, 0) is 11.2 Å². The minimum atomic E-state index is 0.171. The van der Waals surface area contributed by atoms with Crippen molar-refractivity contribution >= 4 is 0 Å². The van der Waals surface area contributed by atoms with Crippen molar-refractivity contribution in [1.82, 2.24) is 0 Å². The van der Waals surface area contributed by atoms with Gasteiger partial charge in [-0.1, -0.05) is 19.9 Å². The van der Waals surface area contributed by atoms with Gasteiger partial charge in [0.25, 0.3) is 0 Å². The summed E-state index contributed by atoms with van der Waals surface area (Å²) in [4.78, 5) is 0. The monoisotopic (exact) mass is 263 g/mol. The average Bonchev–Trinajstić information content (AvgIpc) is 2.39. The third-order valence-corrected chi connectivity index (χ3v) is 3.43. The van der Waals surface area contributed by atoms with Crippen LogP contribution in [-0.4, -0.2) is 19.8 Å². The Hall–Kier alpha value is -1.06. The van der Waals surface area contributed by atoms with E-state index in [1.54, 1.807) is 0 Å². The van der Waals surface area contributed by atoms with Crippen LogP contribution in [0.5, 0.6) is 5.75 Å². The number of hydrogen-bond donors (Lipinski definition) is 1. The largest absolute Gasteiger partial charge is 0.491 e. The molecule has 3 nitrogen and oxygen atoms in total. The fraction of sp³-hybridized carbons (Fsp3) is 0.625. The Morgan fingerprint density at radius 2 is 2.16 bits per heavy atom. The molecule has 1 aromatic carbocycles. The smallest absolute Gasteiger partial charge is 0.119 e. The standard InChI is InChI=1S/C16H25NO2/c1-12(2)11-18-8-9-19-14-7-6-13-4-3-5-16(17)15(13)10-14/h6-7,10,12,16H,3-5,8-9,11,17H2,1-2H3/t16-/m0/s1. The molecule has 0 radical (unpaired) electrons. The molecule has 0 aromatic heterocycles. The van der Waals surface area contributed by atoms with Crippen molar-refractivity contribution < 1.29 is 9.47 Å². The van der Waals surface area contributed by atoms with Gasteiger partial charge in [0.1, 0.15) is 12.4 Å². The molecule has 1 aromatic rings. The zero-order valence-corrected chi connectivity index (χ0v) is 12.0. The summed E-state index contributed by atoms with van der Waals surface area (Å²) in [6.07, 6.45) is 3.41. The second-order valence-corrected chi connectivity index (χ2v) is 5.68. The molecule has 1 aliphatic carbocycles. The molecule has 0 fully saturated rings. The third kappa shape index (κ3) is 4.22. The zero-order valence-electron chi connectivity index (χ0n) is 12.0. The number of fused-ring (bicyclic) bond motifs is 1. The summed E-state index contributed by atoms with van der Waals surface area (Å²) in [5.41, 5.74) is 8.78. The molecule has 2 rings (SSSR count). The molecule has 0 saturated heterocycles. The first-order valence-corrected chi connectivity index (χ1v) is 7.25. The summed E-state index contributed by atoms with van der Waals surface area (Å²) >= 11 is 0. The van der Waals surface area contributed by atoms with Crippen LogP contribution in [0.4, 0.5) is 0 Å². The lowest BCUT2D eigenvalue weighted by atomic mass is 9.88. The second kappa shape index (κ2) is 6.92. The summed E-state index contributed by atoms with van der Waals surface area (Å²) in [5, 5.41) is 0. The van der Waals surface area contributed by atoms with Crippen molar-refractivity contribution in [2.45, 2.75) is 39.2 Å².